The predicted molar refractivity (Wildman–Crippen MR) is 77.5 cm³/mol. The van der Waals surface area contributed by atoms with Crippen molar-refractivity contribution in [2.24, 2.45) is 0 Å². The molecule has 100 valence electrons. The van der Waals surface area contributed by atoms with Gasteiger partial charge in [-0.05, 0) is 51.5 Å². The summed E-state index contributed by atoms with van der Waals surface area (Å²) in [6.45, 7) is 0. The van der Waals surface area contributed by atoms with Crippen LogP contribution < -0.4 is 5.32 Å². The van der Waals surface area contributed by atoms with Gasteiger partial charge in [0.05, 0.1) is 4.47 Å². The third-order valence-corrected chi connectivity index (χ3v) is 3.40. The first kappa shape index (κ1) is 13.1. The van der Waals surface area contributed by atoms with E-state index in [-0.39, 0.29) is 5.82 Å². The molecule has 8 heteroatoms. The lowest BCUT2D eigenvalue weighted by molar-refractivity contribution is 0.622. The zero-order chi connectivity index (χ0) is 14.1. The largest absolute Gasteiger partial charge is 0.337 e. The number of hydrogen-bond donors (Lipinski definition) is 1. The summed E-state index contributed by atoms with van der Waals surface area (Å²) < 4.78 is 13.9. The zero-order valence-corrected chi connectivity index (χ0v) is 12.2. The summed E-state index contributed by atoms with van der Waals surface area (Å²) in [5.41, 5.74) is 1.54. The second-order valence-corrected chi connectivity index (χ2v) is 5.14. The molecular formula is C12H6BrClFN5. The van der Waals surface area contributed by atoms with Gasteiger partial charge in [0.15, 0.2) is 5.82 Å². The average Bonchev–Trinajstić information content (AvgIpc) is 2.44. The second kappa shape index (κ2) is 5.26. The van der Waals surface area contributed by atoms with Crippen LogP contribution in [0.3, 0.4) is 0 Å². The Balaban J connectivity index is 2.05. The number of nitrogens with zero attached hydrogens (tertiary/aromatic N) is 4. The molecule has 1 aromatic carbocycles. The maximum absolute atomic E-state index is 13.5. The SMILES string of the molecule is Fc1cc(Nc2nnnc3ccc(Cl)nc23)ccc1Br. The highest BCUT2D eigenvalue weighted by molar-refractivity contribution is 9.10. The standard InChI is InChI=1S/C12H6BrClFN5/c13-7-2-1-6(5-8(7)15)16-12-11-9(18-20-19-12)3-4-10(14)17-11/h1-5H,(H,16,18,19). The maximum Gasteiger partial charge on any atom is 0.183 e. The Morgan fingerprint density at radius 3 is 2.80 bits per heavy atom. The lowest BCUT2D eigenvalue weighted by Gasteiger charge is -2.07. The zero-order valence-electron chi connectivity index (χ0n) is 9.81. The van der Waals surface area contributed by atoms with E-state index >= 15 is 0 Å². The van der Waals surface area contributed by atoms with Gasteiger partial charge in [0.1, 0.15) is 22.0 Å². The smallest absolute Gasteiger partial charge is 0.183 e. The molecule has 0 radical (unpaired) electrons. The van der Waals surface area contributed by atoms with E-state index < -0.39 is 0 Å². The van der Waals surface area contributed by atoms with Crippen LogP contribution in [-0.2, 0) is 0 Å². The number of aromatic nitrogens is 4. The summed E-state index contributed by atoms with van der Waals surface area (Å²) in [6, 6.07) is 7.93. The van der Waals surface area contributed by atoms with E-state index in [1.165, 1.54) is 6.07 Å². The number of pyridine rings is 1. The van der Waals surface area contributed by atoms with E-state index in [1.54, 1.807) is 24.3 Å². The fourth-order valence-corrected chi connectivity index (χ4v) is 2.03. The average molecular weight is 355 g/mol. The van der Waals surface area contributed by atoms with E-state index in [2.05, 4.69) is 41.6 Å². The monoisotopic (exact) mass is 353 g/mol. The molecule has 0 aliphatic heterocycles. The molecule has 0 aliphatic carbocycles. The molecule has 3 aromatic rings. The van der Waals surface area contributed by atoms with E-state index in [9.17, 15) is 4.39 Å². The van der Waals surface area contributed by atoms with Gasteiger partial charge in [0, 0.05) is 5.69 Å². The Morgan fingerprint density at radius 2 is 2.00 bits per heavy atom. The Kier molecular flexibility index (Phi) is 3.45. The first-order valence-corrected chi connectivity index (χ1v) is 6.68. The molecule has 0 aliphatic rings. The summed E-state index contributed by atoms with van der Waals surface area (Å²) >= 11 is 8.95. The summed E-state index contributed by atoms with van der Waals surface area (Å²) in [5, 5.41) is 14.6. The molecule has 1 N–H and O–H groups in total. The lowest BCUT2D eigenvalue weighted by Crippen LogP contribution is -2.00. The van der Waals surface area contributed by atoms with Crippen molar-refractivity contribution in [2.75, 3.05) is 5.32 Å². The molecule has 2 heterocycles. The number of fused-ring (bicyclic) bond motifs is 1. The molecule has 0 saturated carbocycles. The molecule has 2 aromatic heterocycles. The summed E-state index contributed by atoms with van der Waals surface area (Å²) in [6.07, 6.45) is 0. The molecule has 0 saturated heterocycles. The van der Waals surface area contributed by atoms with Crippen molar-refractivity contribution < 1.29 is 4.39 Å². The molecule has 0 atom stereocenters. The third kappa shape index (κ3) is 2.54. The minimum absolute atomic E-state index is 0.317. The lowest BCUT2D eigenvalue weighted by atomic mass is 10.3. The number of anilines is 2. The first-order valence-electron chi connectivity index (χ1n) is 5.51. The molecule has 0 amide bonds. The van der Waals surface area contributed by atoms with Gasteiger partial charge in [-0.1, -0.05) is 11.6 Å². The van der Waals surface area contributed by atoms with Crippen LogP contribution in [0.2, 0.25) is 5.15 Å². The van der Waals surface area contributed by atoms with Gasteiger partial charge in [-0.15, -0.1) is 10.2 Å². The van der Waals surface area contributed by atoms with Gasteiger partial charge < -0.3 is 5.32 Å². The number of benzene rings is 1. The predicted octanol–water partition coefficient (Wildman–Crippen LogP) is 3.72. The minimum Gasteiger partial charge on any atom is -0.337 e. The fourth-order valence-electron chi connectivity index (χ4n) is 1.64. The molecule has 0 fully saturated rings. The van der Waals surface area contributed by atoms with Crippen LogP contribution in [0.4, 0.5) is 15.9 Å². The Morgan fingerprint density at radius 1 is 1.15 bits per heavy atom. The Labute approximate surface area is 126 Å². The van der Waals surface area contributed by atoms with Crippen molar-refractivity contribution in [3.05, 3.63) is 45.8 Å². The fraction of sp³-hybridized carbons (Fsp3) is 0. The number of nitrogens with one attached hydrogen (secondary N) is 1. The van der Waals surface area contributed by atoms with Crippen LogP contribution >= 0.6 is 27.5 Å². The summed E-state index contributed by atoms with van der Waals surface area (Å²) in [5.74, 6) is -0.0217. The summed E-state index contributed by atoms with van der Waals surface area (Å²) in [7, 11) is 0. The maximum atomic E-state index is 13.5. The molecular weight excluding hydrogens is 349 g/mol. The van der Waals surface area contributed by atoms with Crippen LogP contribution in [0.1, 0.15) is 0 Å². The van der Waals surface area contributed by atoms with Crippen molar-refractivity contribution in [2.45, 2.75) is 0 Å². The van der Waals surface area contributed by atoms with Crippen LogP contribution in [0.15, 0.2) is 34.8 Å². The van der Waals surface area contributed by atoms with Crippen molar-refractivity contribution in [3.8, 4) is 0 Å². The van der Waals surface area contributed by atoms with Gasteiger partial charge in [-0.2, -0.15) is 0 Å². The number of halogens is 3. The highest BCUT2D eigenvalue weighted by Crippen LogP contribution is 2.24. The van der Waals surface area contributed by atoms with Gasteiger partial charge in [0.25, 0.3) is 0 Å². The first-order chi connectivity index (χ1) is 9.63. The minimum atomic E-state index is -0.382. The quantitative estimate of drug-likeness (QED) is 0.711. The molecule has 3 rings (SSSR count). The van der Waals surface area contributed by atoms with Gasteiger partial charge in [-0.3, -0.25) is 0 Å². The van der Waals surface area contributed by atoms with Gasteiger partial charge >= 0.3 is 0 Å². The number of hydrogen-bond acceptors (Lipinski definition) is 5. The van der Waals surface area contributed by atoms with E-state index in [1.807, 2.05) is 0 Å². The van der Waals surface area contributed by atoms with E-state index in [0.29, 0.717) is 32.2 Å². The topological polar surface area (TPSA) is 63.6 Å². The highest BCUT2D eigenvalue weighted by atomic mass is 79.9. The molecule has 5 nitrogen and oxygen atoms in total. The molecule has 20 heavy (non-hydrogen) atoms. The van der Waals surface area contributed by atoms with Crippen molar-refractivity contribution >= 4 is 50.1 Å². The van der Waals surface area contributed by atoms with Crippen molar-refractivity contribution in [3.63, 3.8) is 0 Å². The van der Waals surface area contributed by atoms with Crippen LogP contribution in [0.25, 0.3) is 11.0 Å². The second-order valence-electron chi connectivity index (χ2n) is 3.89. The number of rotatable bonds is 2. The van der Waals surface area contributed by atoms with Crippen LogP contribution in [0.5, 0.6) is 0 Å². The van der Waals surface area contributed by atoms with Crippen molar-refractivity contribution in [1.29, 1.82) is 0 Å². The van der Waals surface area contributed by atoms with E-state index in [0.717, 1.165) is 0 Å². The molecule has 0 spiro atoms. The molecule has 0 unspecified atom stereocenters. The molecule has 0 bridgehead atoms. The third-order valence-electron chi connectivity index (χ3n) is 2.54. The summed E-state index contributed by atoms with van der Waals surface area (Å²) in [4.78, 5) is 4.15. The van der Waals surface area contributed by atoms with Gasteiger partial charge in [0.2, 0.25) is 0 Å². The van der Waals surface area contributed by atoms with Crippen molar-refractivity contribution in [1.82, 2.24) is 20.4 Å². The van der Waals surface area contributed by atoms with E-state index in [4.69, 9.17) is 11.6 Å². The highest BCUT2D eigenvalue weighted by Gasteiger charge is 2.08. The Hall–Kier alpha value is -1.86. The van der Waals surface area contributed by atoms with Crippen LogP contribution in [0, 0.1) is 5.82 Å². The normalized spacial score (nSPS) is 10.8. The van der Waals surface area contributed by atoms with Crippen LogP contribution in [-0.4, -0.2) is 20.4 Å². The Bertz CT molecular complexity index is 798. The van der Waals surface area contributed by atoms with Gasteiger partial charge in [-0.25, -0.2) is 9.37 Å².